The molecule has 1 unspecified atom stereocenters. The van der Waals surface area contributed by atoms with Gasteiger partial charge in [-0.25, -0.2) is 4.79 Å². The number of aromatic nitrogens is 1. The molecule has 0 bridgehead atoms. The van der Waals surface area contributed by atoms with E-state index in [4.69, 9.17) is 14.7 Å². The van der Waals surface area contributed by atoms with Gasteiger partial charge in [0.15, 0.2) is 6.61 Å². The first-order valence-corrected chi connectivity index (χ1v) is 10.3. The summed E-state index contributed by atoms with van der Waals surface area (Å²) in [5.74, 6) is 0.0255. The van der Waals surface area contributed by atoms with Crippen LogP contribution in [0.4, 0.5) is 0 Å². The lowest BCUT2D eigenvalue weighted by atomic mass is 9.84. The first-order valence-electron chi connectivity index (χ1n) is 10.3. The van der Waals surface area contributed by atoms with Gasteiger partial charge in [-0.3, -0.25) is 4.98 Å². The van der Waals surface area contributed by atoms with E-state index in [0.717, 1.165) is 41.7 Å². The Hall–Kier alpha value is -3.67. The Kier molecular flexibility index (Phi) is 6.57. The van der Waals surface area contributed by atoms with Crippen molar-refractivity contribution in [3.63, 3.8) is 0 Å². The van der Waals surface area contributed by atoms with E-state index in [-0.39, 0.29) is 6.61 Å². The van der Waals surface area contributed by atoms with Crippen LogP contribution in [0.5, 0.6) is 5.75 Å². The molecule has 1 aliphatic rings. The molecular weight excluding hydrogens is 392 g/mol. The Morgan fingerprint density at radius 1 is 1.06 bits per heavy atom. The van der Waals surface area contributed by atoms with Crippen molar-refractivity contribution in [2.75, 3.05) is 13.2 Å². The molecule has 0 radical (unpaired) electrons. The van der Waals surface area contributed by atoms with Gasteiger partial charge in [0.1, 0.15) is 18.1 Å². The smallest absolute Gasteiger partial charge is 0.341 e. The number of aliphatic carboxylic acids is 1. The Labute approximate surface area is 181 Å². The summed E-state index contributed by atoms with van der Waals surface area (Å²) < 4.78 is 5.45. The molecule has 0 saturated heterocycles. The molecule has 6 nitrogen and oxygen atoms in total. The third-order valence-electron chi connectivity index (χ3n) is 5.34. The monoisotopic (exact) mass is 416 g/mol. The molecule has 4 rings (SSSR count). The summed E-state index contributed by atoms with van der Waals surface area (Å²) in [5, 5.41) is 13.3. The zero-order valence-electron chi connectivity index (χ0n) is 17.1. The first kappa shape index (κ1) is 20.6. The van der Waals surface area contributed by atoms with Crippen LogP contribution in [0.1, 0.15) is 28.7 Å². The van der Waals surface area contributed by atoms with Crippen molar-refractivity contribution < 1.29 is 19.5 Å². The van der Waals surface area contributed by atoms with Crippen LogP contribution in [-0.2, 0) is 22.5 Å². The van der Waals surface area contributed by atoms with Crippen molar-refractivity contribution in [3.05, 3.63) is 95.3 Å². The standard InChI is InChI=1S/C25H24N2O4/c28-24(29)17-30-23-10-4-8-20-14-18(11-12-22(20)23)16-31-27-25(19-6-2-1-3-7-19)21-9-5-13-26-15-21/h1-10,13,15,18H,11-12,14,16-17H2,(H,28,29). The number of nitrogens with zero attached hydrogens (tertiary/aromatic N) is 2. The van der Waals surface area contributed by atoms with Gasteiger partial charge in [-0.1, -0.05) is 47.6 Å². The van der Waals surface area contributed by atoms with Crippen molar-refractivity contribution in [1.82, 2.24) is 4.98 Å². The van der Waals surface area contributed by atoms with Crippen LogP contribution in [0.25, 0.3) is 0 Å². The van der Waals surface area contributed by atoms with Crippen LogP contribution in [0.2, 0.25) is 0 Å². The molecule has 31 heavy (non-hydrogen) atoms. The van der Waals surface area contributed by atoms with Gasteiger partial charge in [0.05, 0.1) is 0 Å². The Bertz CT molecular complexity index is 1010. The van der Waals surface area contributed by atoms with E-state index in [2.05, 4.69) is 16.2 Å². The zero-order valence-corrected chi connectivity index (χ0v) is 17.1. The Morgan fingerprint density at radius 3 is 2.68 bits per heavy atom. The third kappa shape index (κ3) is 5.28. The third-order valence-corrected chi connectivity index (χ3v) is 5.34. The van der Waals surface area contributed by atoms with Crippen molar-refractivity contribution in [3.8, 4) is 5.75 Å². The van der Waals surface area contributed by atoms with Crippen molar-refractivity contribution in [2.24, 2.45) is 11.1 Å². The molecule has 0 spiro atoms. The Morgan fingerprint density at radius 2 is 1.90 bits per heavy atom. The second-order valence-electron chi connectivity index (χ2n) is 7.53. The summed E-state index contributed by atoms with van der Waals surface area (Å²) in [5.41, 5.74) is 4.92. The maximum Gasteiger partial charge on any atom is 0.341 e. The quantitative estimate of drug-likeness (QED) is 0.441. The highest BCUT2D eigenvalue weighted by molar-refractivity contribution is 6.12. The van der Waals surface area contributed by atoms with E-state index in [1.807, 2.05) is 54.6 Å². The summed E-state index contributed by atoms with van der Waals surface area (Å²) in [6.07, 6.45) is 6.13. The van der Waals surface area contributed by atoms with Gasteiger partial charge in [-0.2, -0.15) is 0 Å². The molecule has 0 aliphatic heterocycles. The molecule has 1 atom stereocenters. The van der Waals surface area contributed by atoms with Crippen molar-refractivity contribution in [2.45, 2.75) is 19.3 Å². The number of carboxylic acid groups (broad SMARTS) is 1. The number of hydrogen-bond donors (Lipinski definition) is 1. The lowest BCUT2D eigenvalue weighted by molar-refractivity contribution is -0.139. The highest BCUT2D eigenvalue weighted by Gasteiger charge is 2.22. The highest BCUT2D eigenvalue weighted by Crippen LogP contribution is 2.32. The van der Waals surface area contributed by atoms with E-state index < -0.39 is 5.97 Å². The normalized spacial score (nSPS) is 15.7. The van der Waals surface area contributed by atoms with Gasteiger partial charge in [-0.05, 0) is 48.6 Å². The lowest BCUT2D eigenvalue weighted by Gasteiger charge is -2.25. The zero-order chi connectivity index (χ0) is 21.5. The number of rotatable bonds is 8. The van der Waals surface area contributed by atoms with Gasteiger partial charge >= 0.3 is 5.97 Å². The molecule has 2 aromatic carbocycles. The van der Waals surface area contributed by atoms with E-state index in [1.54, 1.807) is 12.4 Å². The lowest BCUT2D eigenvalue weighted by Crippen LogP contribution is -2.20. The van der Waals surface area contributed by atoms with Gasteiger partial charge in [-0.15, -0.1) is 0 Å². The Balaban J connectivity index is 1.44. The van der Waals surface area contributed by atoms with E-state index in [0.29, 0.717) is 18.3 Å². The van der Waals surface area contributed by atoms with Gasteiger partial charge < -0.3 is 14.7 Å². The maximum absolute atomic E-state index is 10.8. The molecule has 1 aliphatic carbocycles. The second kappa shape index (κ2) is 9.89. The summed E-state index contributed by atoms with van der Waals surface area (Å²) >= 11 is 0. The van der Waals surface area contributed by atoms with Crippen LogP contribution in [0, 0.1) is 5.92 Å². The van der Waals surface area contributed by atoms with Crippen LogP contribution < -0.4 is 4.74 Å². The number of pyridine rings is 1. The minimum atomic E-state index is -0.972. The molecule has 0 amide bonds. The SMILES string of the molecule is O=C(O)COc1cccc2c1CCC(CON=C(c1ccccc1)c1cccnc1)C2. The molecular formula is C25H24N2O4. The molecule has 1 aromatic heterocycles. The number of benzene rings is 2. The minimum absolute atomic E-state index is 0.325. The average molecular weight is 416 g/mol. The van der Waals surface area contributed by atoms with Gasteiger partial charge in [0.25, 0.3) is 0 Å². The molecule has 158 valence electrons. The minimum Gasteiger partial charge on any atom is -0.482 e. The van der Waals surface area contributed by atoms with Gasteiger partial charge in [0, 0.05) is 29.4 Å². The average Bonchev–Trinajstić information content (AvgIpc) is 2.81. The summed E-state index contributed by atoms with van der Waals surface area (Å²) in [4.78, 5) is 20.8. The van der Waals surface area contributed by atoms with Crippen LogP contribution >= 0.6 is 0 Å². The topological polar surface area (TPSA) is 81.0 Å². The van der Waals surface area contributed by atoms with E-state index in [9.17, 15) is 4.79 Å². The predicted octanol–water partition coefficient (Wildman–Crippen LogP) is 4.12. The van der Waals surface area contributed by atoms with E-state index >= 15 is 0 Å². The fraction of sp³-hybridized carbons (Fsp3) is 0.240. The van der Waals surface area contributed by atoms with Crippen LogP contribution in [-0.4, -0.2) is 35.0 Å². The molecule has 6 heteroatoms. The summed E-state index contributed by atoms with van der Waals surface area (Å²) in [7, 11) is 0. The van der Waals surface area contributed by atoms with Crippen LogP contribution in [0.3, 0.4) is 0 Å². The summed E-state index contributed by atoms with van der Waals surface area (Å²) in [6, 6.07) is 19.6. The number of hydrogen-bond acceptors (Lipinski definition) is 5. The predicted molar refractivity (Wildman–Crippen MR) is 117 cm³/mol. The van der Waals surface area contributed by atoms with Crippen molar-refractivity contribution >= 4 is 11.7 Å². The fourth-order valence-corrected chi connectivity index (χ4v) is 3.84. The van der Waals surface area contributed by atoms with Crippen molar-refractivity contribution in [1.29, 1.82) is 0 Å². The number of fused-ring (bicyclic) bond motifs is 1. The first-order chi connectivity index (χ1) is 15.2. The summed E-state index contributed by atoms with van der Waals surface area (Å²) in [6.45, 7) is 0.185. The highest BCUT2D eigenvalue weighted by atomic mass is 16.6. The molecule has 1 N–H and O–H groups in total. The molecule has 0 saturated carbocycles. The molecule has 3 aromatic rings. The van der Waals surface area contributed by atoms with Crippen LogP contribution in [0.15, 0.2) is 78.2 Å². The number of ether oxygens (including phenoxy) is 1. The maximum atomic E-state index is 10.8. The number of oxime groups is 1. The largest absolute Gasteiger partial charge is 0.482 e. The number of carbonyl (C=O) groups is 1. The number of carboxylic acids is 1. The van der Waals surface area contributed by atoms with Gasteiger partial charge in [0.2, 0.25) is 0 Å². The fourth-order valence-electron chi connectivity index (χ4n) is 3.84. The molecule has 0 fully saturated rings. The molecule has 1 heterocycles. The van der Waals surface area contributed by atoms with E-state index in [1.165, 1.54) is 5.56 Å². The second-order valence-corrected chi connectivity index (χ2v) is 7.53.